The lowest BCUT2D eigenvalue weighted by atomic mass is 9.87. The molecule has 0 aromatic carbocycles. The highest BCUT2D eigenvalue weighted by Crippen LogP contribution is 2.34. The van der Waals surface area contributed by atoms with Gasteiger partial charge in [0, 0.05) is 25.4 Å². The third-order valence-corrected chi connectivity index (χ3v) is 4.44. The number of halogens is 1. The van der Waals surface area contributed by atoms with Gasteiger partial charge < -0.3 is 4.57 Å². The quantitative estimate of drug-likeness (QED) is 0.779. The summed E-state index contributed by atoms with van der Waals surface area (Å²) >= 11 is 5.99. The molecule has 0 saturated heterocycles. The van der Waals surface area contributed by atoms with Crippen LogP contribution in [0.15, 0.2) is 0 Å². The summed E-state index contributed by atoms with van der Waals surface area (Å²) in [6, 6.07) is 0.339. The second-order valence-corrected chi connectivity index (χ2v) is 7.25. The van der Waals surface area contributed by atoms with E-state index in [2.05, 4.69) is 44.3 Å². The molecule has 2 aromatic heterocycles. The number of aromatic nitrogens is 4. The summed E-state index contributed by atoms with van der Waals surface area (Å²) in [5.74, 6) is 1.67. The molecule has 0 aliphatic heterocycles. The fraction of sp³-hybridized carbons (Fsp3) is 0.750. The Bertz CT molecular complexity index is 618. The Hall–Kier alpha value is -1.03. The smallest absolute Gasteiger partial charge is 0.158 e. The zero-order chi connectivity index (χ0) is 15.8. The van der Waals surface area contributed by atoms with Gasteiger partial charge in [-0.25, -0.2) is 4.98 Å². The molecule has 0 aliphatic carbocycles. The van der Waals surface area contributed by atoms with Crippen LogP contribution >= 0.6 is 11.6 Å². The number of nitrogens with zero attached hydrogens (tertiary/aromatic N) is 4. The molecule has 1 atom stereocenters. The molecule has 0 N–H and O–H groups in total. The fourth-order valence-corrected chi connectivity index (χ4v) is 2.88. The molecule has 0 aliphatic rings. The van der Waals surface area contributed by atoms with Gasteiger partial charge in [-0.1, -0.05) is 34.1 Å². The highest BCUT2D eigenvalue weighted by molar-refractivity contribution is 6.17. The Morgan fingerprint density at radius 3 is 2.43 bits per heavy atom. The highest BCUT2D eigenvalue weighted by atomic mass is 35.5. The van der Waals surface area contributed by atoms with Crippen molar-refractivity contribution in [1.82, 2.24) is 19.3 Å². The van der Waals surface area contributed by atoms with Crippen LogP contribution in [0.3, 0.4) is 0 Å². The van der Waals surface area contributed by atoms with Crippen molar-refractivity contribution >= 4 is 22.8 Å². The van der Waals surface area contributed by atoms with E-state index < -0.39 is 0 Å². The predicted octanol–water partition coefficient (Wildman–Crippen LogP) is 4.11. The molecule has 2 aromatic rings. The average Bonchev–Trinajstić information content (AvgIpc) is 2.88. The fourth-order valence-electron chi connectivity index (χ4n) is 2.71. The summed E-state index contributed by atoms with van der Waals surface area (Å²) in [5, 5.41) is 4.67. The second kappa shape index (κ2) is 5.99. The molecule has 21 heavy (non-hydrogen) atoms. The van der Waals surface area contributed by atoms with Crippen molar-refractivity contribution < 1.29 is 0 Å². The van der Waals surface area contributed by atoms with Gasteiger partial charge in [0.1, 0.15) is 11.3 Å². The topological polar surface area (TPSA) is 35.6 Å². The van der Waals surface area contributed by atoms with Crippen LogP contribution in [0.25, 0.3) is 11.2 Å². The first-order valence-electron chi connectivity index (χ1n) is 7.79. The maximum absolute atomic E-state index is 5.99. The number of aryl methyl sites for hydroxylation is 3. The van der Waals surface area contributed by atoms with Crippen LogP contribution in [0.1, 0.15) is 58.6 Å². The minimum Gasteiger partial charge on any atom is -0.309 e. The van der Waals surface area contributed by atoms with Crippen molar-refractivity contribution in [3.8, 4) is 0 Å². The van der Waals surface area contributed by atoms with Gasteiger partial charge in [-0.3, -0.25) is 4.68 Å². The van der Waals surface area contributed by atoms with E-state index in [9.17, 15) is 0 Å². The molecule has 0 amide bonds. The predicted molar refractivity (Wildman–Crippen MR) is 89.1 cm³/mol. The van der Waals surface area contributed by atoms with Crippen molar-refractivity contribution in [1.29, 1.82) is 0 Å². The van der Waals surface area contributed by atoms with Crippen LogP contribution in [0.5, 0.6) is 0 Å². The zero-order valence-corrected chi connectivity index (χ0v) is 14.8. The molecular weight excluding hydrogens is 284 g/mol. The van der Waals surface area contributed by atoms with E-state index in [4.69, 9.17) is 16.6 Å². The van der Waals surface area contributed by atoms with Gasteiger partial charge in [0.05, 0.1) is 5.69 Å². The third kappa shape index (κ3) is 2.96. The number of hydrogen-bond donors (Lipinski definition) is 0. The van der Waals surface area contributed by atoms with Gasteiger partial charge in [-0.15, -0.1) is 11.6 Å². The van der Waals surface area contributed by atoms with Crippen LogP contribution in [0.2, 0.25) is 0 Å². The number of fused-ring (bicyclic) bond motifs is 1. The summed E-state index contributed by atoms with van der Waals surface area (Å²) in [6.45, 7) is 11.2. The van der Waals surface area contributed by atoms with Gasteiger partial charge in [-0.05, 0) is 18.8 Å². The summed E-state index contributed by atoms with van der Waals surface area (Å²) in [6.07, 6.45) is 2.85. The van der Waals surface area contributed by atoms with Crippen molar-refractivity contribution in [2.45, 2.75) is 59.9 Å². The van der Waals surface area contributed by atoms with Crippen LogP contribution in [-0.4, -0.2) is 25.2 Å². The van der Waals surface area contributed by atoms with Gasteiger partial charge in [-0.2, -0.15) is 5.10 Å². The largest absolute Gasteiger partial charge is 0.309 e. The van der Waals surface area contributed by atoms with Crippen molar-refractivity contribution in [2.24, 2.45) is 12.5 Å². The van der Waals surface area contributed by atoms with Crippen molar-refractivity contribution in [3.05, 3.63) is 11.5 Å². The summed E-state index contributed by atoms with van der Waals surface area (Å²) < 4.78 is 4.32. The van der Waals surface area contributed by atoms with E-state index >= 15 is 0 Å². The number of hydrogen-bond acceptors (Lipinski definition) is 2. The Labute approximate surface area is 132 Å². The molecule has 2 heterocycles. The first-order valence-corrected chi connectivity index (χ1v) is 8.33. The SMILES string of the molecule is CCCc1nn(C)c2c1nc(CCCl)n2C(C)C(C)(C)C. The molecule has 4 nitrogen and oxygen atoms in total. The second-order valence-electron chi connectivity index (χ2n) is 6.87. The molecule has 5 heteroatoms. The van der Waals surface area contributed by atoms with Crippen LogP contribution in [0, 0.1) is 5.41 Å². The molecule has 2 rings (SSSR count). The molecule has 1 unspecified atom stereocenters. The Kier molecular flexibility index (Phi) is 4.66. The van der Waals surface area contributed by atoms with Crippen molar-refractivity contribution in [2.75, 3.05) is 5.88 Å². The molecule has 0 radical (unpaired) electrons. The van der Waals surface area contributed by atoms with E-state index in [-0.39, 0.29) is 5.41 Å². The number of alkyl halides is 1. The Morgan fingerprint density at radius 1 is 1.24 bits per heavy atom. The lowest BCUT2D eigenvalue weighted by Crippen LogP contribution is -2.24. The molecule has 0 bridgehead atoms. The molecular formula is C16H27ClN4. The van der Waals surface area contributed by atoms with Gasteiger partial charge >= 0.3 is 0 Å². The van der Waals surface area contributed by atoms with Crippen molar-refractivity contribution in [3.63, 3.8) is 0 Å². The minimum atomic E-state index is 0.157. The lowest BCUT2D eigenvalue weighted by molar-refractivity contribution is 0.261. The maximum atomic E-state index is 5.99. The lowest BCUT2D eigenvalue weighted by Gasteiger charge is -2.30. The standard InChI is InChI=1S/C16H27ClN4/c1-7-8-12-14-15(20(6)19-12)21(11(2)16(3,4)5)13(18-14)9-10-17/h11H,7-10H2,1-6H3. The minimum absolute atomic E-state index is 0.157. The molecule has 0 saturated carbocycles. The van der Waals surface area contributed by atoms with Gasteiger partial charge in [0.25, 0.3) is 0 Å². The molecule has 0 spiro atoms. The first-order chi connectivity index (χ1) is 9.81. The monoisotopic (exact) mass is 310 g/mol. The van der Waals surface area contributed by atoms with E-state index in [0.29, 0.717) is 11.9 Å². The van der Waals surface area contributed by atoms with E-state index in [1.54, 1.807) is 0 Å². The van der Waals surface area contributed by atoms with E-state index in [0.717, 1.165) is 41.9 Å². The van der Waals surface area contributed by atoms with Gasteiger partial charge in [0.15, 0.2) is 5.65 Å². The highest BCUT2D eigenvalue weighted by Gasteiger charge is 2.28. The first kappa shape index (κ1) is 16.3. The van der Waals surface area contributed by atoms with Crippen LogP contribution in [0.4, 0.5) is 0 Å². The third-order valence-electron chi connectivity index (χ3n) is 4.26. The summed E-state index contributed by atoms with van der Waals surface area (Å²) in [4.78, 5) is 4.87. The Morgan fingerprint density at radius 2 is 1.90 bits per heavy atom. The van der Waals surface area contributed by atoms with Gasteiger partial charge in [0.2, 0.25) is 0 Å². The average molecular weight is 311 g/mol. The Balaban J connectivity index is 2.67. The molecule has 0 fully saturated rings. The normalized spacial score (nSPS) is 14.0. The van der Waals surface area contributed by atoms with Crippen LogP contribution < -0.4 is 0 Å². The number of imidazole rings is 1. The number of rotatable bonds is 5. The van der Waals surface area contributed by atoms with Crippen LogP contribution in [-0.2, 0) is 19.9 Å². The maximum Gasteiger partial charge on any atom is 0.158 e. The summed E-state index contributed by atoms with van der Waals surface area (Å²) in [7, 11) is 2.01. The summed E-state index contributed by atoms with van der Waals surface area (Å²) in [5.41, 5.74) is 3.44. The van der Waals surface area contributed by atoms with E-state index in [1.165, 1.54) is 0 Å². The van der Waals surface area contributed by atoms with E-state index in [1.807, 2.05) is 11.7 Å². The molecule has 118 valence electrons. The zero-order valence-electron chi connectivity index (χ0n) is 14.1.